The van der Waals surface area contributed by atoms with E-state index < -0.39 is 47.9 Å². The van der Waals surface area contributed by atoms with Crippen LogP contribution >= 0.6 is 0 Å². The molecule has 0 aliphatic carbocycles. The molecule has 5 atom stereocenters. The molecular weight excluding hydrogens is 460 g/mol. The Bertz CT molecular complexity index is 859. The number of aliphatic carboxylic acids is 1. The third-order valence-electron chi connectivity index (χ3n) is 6.09. The first-order chi connectivity index (χ1) is 16.8. The zero-order valence-corrected chi connectivity index (χ0v) is 22.4. The molecule has 0 aliphatic rings. The van der Waals surface area contributed by atoms with Crippen LogP contribution in [0.2, 0.25) is 0 Å². The highest BCUT2D eigenvalue weighted by Crippen LogP contribution is 2.12. The molecule has 3 amide bonds. The standard InChI is InChI=1S/C27H44N4O5/c1-7-18(6)23(31-24(32)20(28)13-16(2)3)26(34)29-21(15-19-11-9-8-10-12-19)25(33)30-22(27(35)36)14-17(4)5/h8-12,16-18,20-23H,7,13-15,28H2,1-6H3,(H,29,34)(H,30,33)(H,31,32)(H,35,36). The molecule has 9 nitrogen and oxygen atoms in total. The van der Waals surface area contributed by atoms with Crippen molar-refractivity contribution >= 4 is 23.7 Å². The Morgan fingerprint density at radius 2 is 1.36 bits per heavy atom. The SMILES string of the molecule is CCC(C)C(NC(=O)C(N)CC(C)C)C(=O)NC(Cc1ccccc1)C(=O)NC(CC(C)C)C(=O)O. The van der Waals surface area contributed by atoms with Crippen molar-refractivity contribution in [2.75, 3.05) is 0 Å². The molecular formula is C27H44N4O5. The Morgan fingerprint density at radius 1 is 0.806 bits per heavy atom. The number of nitrogens with two attached hydrogens (primary N) is 1. The molecule has 0 bridgehead atoms. The average molecular weight is 505 g/mol. The van der Waals surface area contributed by atoms with Crippen LogP contribution in [0.15, 0.2) is 30.3 Å². The fraction of sp³-hybridized carbons (Fsp3) is 0.630. The van der Waals surface area contributed by atoms with Crippen LogP contribution < -0.4 is 21.7 Å². The third kappa shape index (κ3) is 10.8. The van der Waals surface area contributed by atoms with Gasteiger partial charge >= 0.3 is 5.97 Å². The van der Waals surface area contributed by atoms with E-state index in [4.69, 9.17) is 5.73 Å². The van der Waals surface area contributed by atoms with Crippen molar-refractivity contribution in [1.82, 2.24) is 16.0 Å². The van der Waals surface area contributed by atoms with Gasteiger partial charge in [0.1, 0.15) is 18.1 Å². The quantitative estimate of drug-likeness (QED) is 0.247. The van der Waals surface area contributed by atoms with Gasteiger partial charge < -0.3 is 26.8 Å². The normalized spacial score (nSPS) is 15.5. The number of hydrogen-bond donors (Lipinski definition) is 5. The summed E-state index contributed by atoms with van der Waals surface area (Å²) in [5.41, 5.74) is 6.82. The number of carboxylic acids is 1. The van der Waals surface area contributed by atoms with E-state index in [9.17, 15) is 24.3 Å². The van der Waals surface area contributed by atoms with Gasteiger partial charge in [0, 0.05) is 6.42 Å². The third-order valence-corrected chi connectivity index (χ3v) is 6.09. The summed E-state index contributed by atoms with van der Waals surface area (Å²) in [5.74, 6) is -2.61. The Labute approximate surface area is 215 Å². The van der Waals surface area contributed by atoms with Crippen molar-refractivity contribution < 1.29 is 24.3 Å². The van der Waals surface area contributed by atoms with Crippen LogP contribution in [0, 0.1) is 17.8 Å². The second kappa shape index (κ2) is 15.2. The van der Waals surface area contributed by atoms with Gasteiger partial charge in [0.15, 0.2) is 0 Å². The van der Waals surface area contributed by atoms with Crippen molar-refractivity contribution in [2.24, 2.45) is 23.5 Å². The maximum absolute atomic E-state index is 13.4. The Kier molecular flexibility index (Phi) is 13.2. The smallest absolute Gasteiger partial charge is 0.326 e. The van der Waals surface area contributed by atoms with Crippen LogP contribution in [0.25, 0.3) is 0 Å². The van der Waals surface area contributed by atoms with Crippen LogP contribution in [0.1, 0.15) is 66.4 Å². The Morgan fingerprint density at radius 3 is 1.86 bits per heavy atom. The summed E-state index contributed by atoms with van der Waals surface area (Å²) in [5, 5.41) is 17.7. The van der Waals surface area contributed by atoms with Crippen molar-refractivity contribution in [3.63, 3.8) is 0 Å². The lowest BCUT2D eigenvalue weighted by Gasteiger charge is -2.28. The van der Waals surface area contributed by atoms with Gasteiger partial charge in [-0.1, -0.05) is 78.3 Å². The number of carbonyl (C=O) groups is 4. The maximum Gasteiger partial charge on any atom is 0.326 e. The number of rotatable bonds is 15. The molecule has 1 aromatic rings. The summed E-state index contributed by atoms with van der Waals surface area (Å²) >= 11 is 0. The molecule has 0 radical (unpaired) electrons. The molecule has 0 saturated heterocycles. The number of amides is 3. The van der Waals surface area contributed by atoms with Gasteiger partial charge in [0.2, 0.25) is 17.7 Å². The Hall–Kier alpha value is -2.94. The molecule has 0 heterocycles. The van der Waals surface area contributed by atoms with Crippen molar-refractivity contribution in [3.05, 3.63) is 35.9 Å². The summed E-state index contributed by atoms with van der Waals surface area (Å²) in [6, 6.07) is 5.40. The molecule has 0 saturated carbocycles. The molecule has 36 heavy (non-hydrogen) atoms. The van der Waals surface area contributed by atoms with Crippen LogP contribution in [0.3, 0.4) is 0 Å². The van der Waals surface area contributed by atoms with Crippen LogP contribution in [0.4, 0.5) is 0 Å². The number of carbonyl (C=O) groups excluding carboxylic acids is 3. The van der Waals surface area contributed by atoms with Crippen molar-refractivity contribution in [3.8, 4) is 0 Å². The van der Waals surface area contributed by atoms with Gasteiger partial charge in [-0.15, -0.1) is 0 Å². The van der Waals surface area contributed by atoms with Gasteiger partial charge in [-0.05, 0) is 36.2 Å². The fourth-order valence-corrected chi connectivity index (χ4v) is 3.86. The number of carboxylic acid groups (broad SMARTS) is 1. The largest absolute Gasteiger partial charge is 0.480 e. The highest BCUT2D eigenvalue weighted by atomic mass is 16.4. The minimum absolute atomic E-state index is 0.0496. The minimum Gasteiger partial charge on any atom is -0.480 e. The monoisotopic (exact) mass is 504 g/mol. The highest BCUT2D eigenvalue weighted by Gasteiger charge is 2.32. The van der Waals surface area contributed by atoms with E-state index in [2.05, 4.69) is 16.0 Å². The lowest BCUT2D eigenvalue weighted by molar-refractivity contribution is -0.142. The number of nitrogens with one attached hydrogen (secondary N) is 3. The predicted octanol–water partition coefficient (Wildman–Crippen LogP) is 2.23. The molecule has 9 heteroatoms. The zero-order valence-electron chi connectivity index (χ0n) is 22.4. The van der Waals surface area contributed by atoms with Gasteiger partial charge in [0.05, 0.1) is 6.04 Å². The van der Waals surface area contributed by atoms with Crippen molar-refractivity contribution in [2.45, 2.75) is 91.4 Å². The van der Waals surface area contributed by atoms with E-state index in [0.717, 1.165) is 5.56 Å². The fourth-order valence-electron chi connectivity index (χ4n) is 3.86. The second-order valence-electron chi connectivity index (χ2n) is 10.4. The first kappa shape index (κ1) is 31.1. The second-order valence-corrected chi connectivity index (χ2v) is 10.4. The van der Waals surface area contributed by atoms with Crippen LogP contribution in [-0.2, 0) is 25.6 Å². The first-order valence-electron chi connectivity index (χ1n) is 12.8. The van der Waals surface area contributed by atoms with Gasteiger partial charge in [0.25, 0.3) is 0 Å². The summed E-state index contributed by atoms with van der Waals surface area (Å²) in [6.45, 7) is 11.4. The summed E-state index contributed by atoms with van der Waals surface area (Å²) < 4.78 is 0. The van der Waals surface area contributed by atoms with Gasteiger partial charge in [-0.25, -0.2) is 4.79 Å². The maximum atomic E-state index is 13.4. The highest BCUT2D eigenvalue weighted by molar-refractivity contribution is 5.94. The van der Waals surface area contributed by atoms with E-state index >= 15 is 0 Å². The van der Waals surface area contributed by atoms with E-state index in [-0.39, 0.29) is 30.6 Å². The summed E-state index contributed by atoms with van der Waals surface area (Å²) in [4.78, 5) is 51.0. The molecule has 5 unspecified atom stereocenters. The number of hydrogen-bond acceptors (Lipinski definition) is 5. The average Bonchev–Trinajstić information content (AvgIpc) is 2.80. The molecule has 202 valence electrons. The molecule has 6 N–H and O–H groups in total. The zero-order chi connectivity index (χ0) is 27.4. The number of benzene rings is 1. The first-order valence-corrected chi connectivity index (χ1v) is 12.8. The predicted molar refractivity (Wildman–Crippen MR) is 140 cm³/mol. The minimum atomic E-state index is -1.13. The summed E-state index contributed by atoms with van der Waals surface area (Å²) in [7, 11) is 0. The van der Waals surface area contributed by atoms with E-state index in [1.165, 1.54) is 0 Å². The molecule has 1 rings (SSSR count). The lowest BCUT2D eigenvalue weighted by Crippen LogP contribution is -2.59. The molecule has 0 fully saturated rings. The molecule has 0 spiro atoms. The summed E-state index contributed by atoms with van der Waals surface area (Å²) in [6.07, 6.45) is 1.52. The van der Waals surface area contributed by atoms with Gasteiger partial charge in [-0.2, -0.15) is 0 Å². The van der Waals surface area contributed by atoms with Gasteiger partial charge in [-0.3, -0.25) is 14.4 Å². The Balaban J connectivity index is 3.14. The molecule has 0 aromatic heterocycles. The van der Waals surface area contributed by atoms with E-state index in [1.807, 2.05) is 71.9 Å². The van der Waals surface area contributed by atoms with Crippen LogP contribution in [0.5, 0.6) is 0 Å². The molecule has 0 aliphatic heterocycles. The van der Waals surface area contributed by atoms with E-state index in [0.29, 0.717) is 12.8 Å². The lowest BCUT2D eigenvalue weighted by atomic mass is 9.96. The van der Waals surface area contributed by atoms with Crippen LogP contribution in [-0.4, -0.2) is 53.0 Å². The molecule has 1 aromatic carbocycles. The van der Waals surface area contributed by atoms with E-state index in [1.54, 1.807) is 0 Å². The van der Waals surface area contributed by atoms with Crippen molar-refractivity contribution in [1.29, 1.82) is 0 Å². The topological polar surface area (TPSA) is 151 Å².